The van der Waals surface area contributed by atoms with Crippen molar-refractivity contribution in [2.24, 2.45) is 11.8 Å². The second-order valence-electron chi connectivity index (χ2n) is 4.46. The van der Waals surface area contributed by atoms with E-state index in [0.717, 1.165) is 17.9 Å². The molecule has 0 amide bonds. The molecule has 0 N–H and O–H groups in total. The van der Waals surface area contributed by atoms with E-state index in [1.165, 1.54) is 12.8 Å². The first kappa shape index (κ1) is 10.4. The highest BCUT2D eigenvalue weighted by molar-refractivity contribution is 6.69. The summed E-state index contributed by atoms with van der Waals surface area (Å²) in [6.07, 6.45) is 7.39. The van der Waals surface area contributed by atoms with Crippen LogP contribution in [0, 0.1) is 11.8 Å². The first-order valence-corrected chi connectivity index (χ1v) is 7.64. The average Bonchev–Trinajstić information content (AvgIpc) is 2.83. The lowest BCUT2D eigenvalue weighted by Gasteiger charge is -2.35. The molecule has 0 aromatic heterocycles. The molecule has 0 spiro atoms. The van der Waals surface area contributed by atoms with Crippen molar-refractivity contribution in [3.05, 3.63) is 12.2 Å². The largest absolute Gasteiger partial charge is 0.397 e. The molecule has 14 heavy (non-hydrogen) atoms. The standard InChI is InChI=1S/C11H20O2Si/c1-4-14(12-2,13-3)11-8-9-5-6-10(11)7-9/h5-6,9-11H,4,7-8H2,1-3H3. The third kappa shape index (κ3) is 1.38. The molecule has 0 heterocycles. The van der Waals surface area contributed by atoms with Crippen LogP contribution in [0.1, 0.15) is 19.8 Å². The van der Waals surface area contributed by atoms with E-state index < -0.39 is 8.56 Å². The minimum atomic E-state index is -1.89. The highest BCUT2D eigenvalue weighted by Crippen LogP contribution is 2.52. The molecule has 2 aliphatic rings. The van der Waals surface area contributed by atoms with Crippen LogP contribution < -0.4 is 0 Å². The molecule has 3 unspecified atom stereocenters. The van der Waals surface area contributed by atoms with Crippen LogP contribution in [0.3, 0.4) is 0 Å². The van der Waals surface area contributed by atoms with Gasteiger partial charge in [-0.25, -0.2) is 0 Å². The van der Waals surface area contributed by atoms with Gasteiger partial charge in [-0.15, -0.1) is 0 Å². The zero-order valence-electron chi connectivity index (χ0n) is 9.32. The van der Waals surface area contributed by atoms with Crippen molar-refractivity contribution in [1.82, 2.24) is 0 Å². The Balaban J connectivity index is 2.16. The summed E-state index contributed by atoms with van der Waals surface area (Å²) in [4.78, 5) is 0. The van der Waals surface area contributed by atoms with E-state index in [1.807, 2.05) is 14.2 Å². The molecule has 0 radical (unpaired) electrons. The lowest BCUT2D eigenvalue weighted by molar-refractivity contribution is 0.223. The van der Waals surface area contributed by atoms with Gasteiger partial charge in [0.1, 0.15) is 0 Å². The van der Waals surface area contributed by atoms with Gasteiger partial charge in [-0.3, -0.25) is 0 Å². The fourth-order valence-corrected chi connectivity index (χ4v) is 6.66. The van der Waals surface area contributed by atoms with Crippen molar-refractivity contribution >= 4 is 8.56 Å². The summed E-state index contributed by atoms with van der Waals surface area (Å²) in [5, 5.41) is 0. The summed E-state index contributed by atoms with van der Waals surface area (Å²) in [6, 6.07) is 1.07. The Hall–Kier alpha value is -0.123. The van der Waals surface area contributed by atoms with E-state index in [0.29, 0.717) is 5.54 Å². The van der Waals surface area contributed by atoms with Crippen LogP contribution in [0.25, 0.3) is 0 Å². The SMILES string of the molecule is CC[Si](OC)(OC)C1CC2C=CC1C2. The first-order valence-electron chi connectivity index (χ1n) is 5.54. The Morgan fingerprint density at radius 3 is 2.29 bits per heavy atom. The molecule has 3 atom stereocenters. The van der Waals surface area contributed by atoms with Crippen LogP contribution in [-0.2, 0) is 8.85 Å². The average molecular weight is 212 g/mol. The molecule has 0 saturated heterocycles. The summed E-state index contributed by atoms with van der Waals surface area (Å²) < 4.78 is 11.5. The van der Waals surface area contributed by atoms with Crippen molar-refractivity contribution in [3.63, 3.8) is 0 Å². The fraction of sp³-hybridized carbons (Fsp3) is 0.818. The third-order valence-electron chi connectivity index (χ3n) is 4.03. The fourth-order valence-electron chi connectivity index (χ4n) is 3.22. The van der Waals surface area contributed by atoms with E-state index in [1.54, 1.807) is 0 Å². The number of hydrogen-bond donors (Lipinski definition) is 0. The van der Waals surface area contributed by atoms with Crippen molar-refractivity contribution in [2.75, 3.05) is 14.2 Å². The van der Waals surface area contributed by atoms with Crippen molar-refractivity contribution in [1.29, 1.82) is 0 Å². The van der Waals surface area contributed by atoms with Crippen LogP contribution in [0.4, 0.5) is 0 Å². The molecule has 3 heteroatoms. The Bertz CT molecular complexity index is 227. The van der Waals surface area contributed by atoms with E-state index in [2.05, 4.69) is 19.1 Å². The second kappa shape index (κ2) is 3.80. The van der Waals surface area contributed by atoms with Crippen LogP contribution in [-0.4, -0.2) is 22.8 Å². The van der Waals surface area contributed by atoms with Crippen molar-refractivity contribution in [3.8, 4) is 0 Å². The number of fused-ring (bicyclic) bond motifs is 2. The molecule has 0 aliphatic heterocycles. The van der Waals surface area contributed by atoms with E-state index >= 15 is 0 Å². The molecular weight excluding hydrogens is 192 g/mol. The second-order valence-corrected chi connectivity index (χ2v) is 8.35. The third-order valence-corrected chi connectivity index (χ3v) is 8.19. The summed E-state index contributed by atoms with van der Waals surface area (Å²) in [7, 11) is 1.77. The van der Waals surface area contributed by atoms with Gasteiger partial charge in [-0.2, -0.15) is 0 Å². The summed E-state index contributed by atoms with van der Waals surface area (Å²) in [6.45, 7) is 2.20. The molecule has 1 fully saturated rings. The highest BCUT2D eigenvalue weighted by atomic mass is 28.4. The molecule has 0 aromatic rings. The first-order chi connectivity index (χ1) is 6.75. The Morgan fingerprint density at radius 2 is 1.93 bits per heavy atom. The lowest BCUT2D eigenvalue weighted by Crippen LogP contribution is -2.45. The van der Waals surface area contributed by atoms with E-state index in [-0.39, 0.29) is 0 Å². The molecule has 2 nitrogen and oxygen atoms in total. The smallest absolute Gasteiger partial charge is 0.341 e. The van der Waals surface area contributed by atoms with Crippen LogP contribution in [0.5, 0.6) is 0 Å². The van der Waals surface area contributed by atoms with Gasteiger partial charge in [0.25, 0.3) is 0 Å². The molecule has 2 rings (SSSR count). The minimum Gasteiger partial charge on any atom is -0.397 e. The van der Waals surface area contributed by atoms with Gasteiger partial charge in [-0.05, 0) is 30.7 Å². The Morgan fingerprint density at radius 1 is 1.21 bits per heavy atom. The van der Waals surface area contributed by atoms with Gasteiger partial charge in [-0.1, -0.05) is 19.1 Å². The molecule has 0 aromatic carbocycles. The summed E-state index contributed by atoms with van der Waals surface area (Å²) in [5.74, 6) is 1.56. The topological polar surface area (TPSA) is 18.5 Å². The number of allylic oxidation sites excluding steroid dienone is 2. The molecule has 1 saturated carbocycles. The molecule has 2 bridgehead atoms. The van der Waals surface area contributed by atoms with Crippen LogP contribution in [0.2, 0.25) is 11.6 Å². The van der Waals surface area contributed by atoms with Crippen molar-refractivity contribution < 1.29 is 8.85 Å². The quantitative estimate of drug-likeness (QED) is 0.527. The van der Waals surface area contributed by atoms with E-state index in [4.69, 9.17) is 8.85 Å². The van der Waals surface area contributed by atoms with Gasteiger partial charge >= 0.3 is 8.56 Å². The maximum atomic E-state index is 5.76. The highest BCUT2D eigenvalue weighted by Gasteiger charge is 2.51. The lowest BCUT2D eigenvalue weighted by atomic mass is 10.1. The van der Waals surface area contributed by atoms with E-state index in [9.17, 15) is 0 Å². The summed E-state index contributed by atoms with van der Waals surface area (Å²) in [5.41, 5.74) is 0.692. The summed E-state index contributed by atoms with van der Waals surface area (Å²) >= 11 is 0. The normalized spacial score (nSPS) is 35.5. The Labute approximate surface area is 87.5 Å². The zero-order valence-corrected chi connectivity index (χ0v) is 10.3. The predicted molar refractivity (Wildman–Crippen MR) is 59.4 cm³/mol. The maximum absolute atomic E-state index is 5.76. The number of rotatable bonds is 4. The monoisotopic (exact) mass is 212 g/mol. The molecule has 80 valence electrons. The van der Waals surface area contributed by atoms with Crippen LogP contribution in [0.15, 0.2) is 12.2 Å². The van der Waals surface area contributed by atoms with Gasteiger partial charge in [0, 0.05) is 19.8 Å². The molecular formula is C11H20O2Si. The minimum absolute atomic E-state index is 0.692. The Kier molecular flexibility index (Phi) is 2.82. The van der Waals surface area contributed by atoms with Gasteiger partial charge in [0.15, 0.2) is 0 Å². The number of hydrogen-bond acceptors (Lipinski definition) is 2. The predicted octanol–water partition coefficient (Wildman–Crippen LogP) is 2.71. The van der Waals surface area contributed by atoms with Crippen molar-refractivity contribution in [2.45, 2.75) is 31.4 Å². The van der Waals surface area contributed by atoms with Gasteiger partial charge < -0.3 is 8.85 Å². The molecule has 2 aliphatic carbocycles. The zero-order chi connectivity index (χ0) is 10.2. The van der Waals surface area contributed by atoms with Crippen LogP contribution >= 0.6 is 0 Å². The maximum Gasteiger partial charge on any atom is 0.341 e. The van der Waals surface area contributed by atoms with Gasteiger partial charge in [0.2, 0.25) is 0 Å². The van der Waals surface area contributed by atoms with Gasteiger partial charge in [0.05, 0.1) is 0 Å².